The Morgan fingerprint density at radius 3 is 2.37 bits per heavy atom. The fourth-order valence-electron chi connectivity index (χ4n) is 3.32. The van der Waals surface area contributed by atoms with E-state index in [1.165, 1.54) is 6.07 Å². The zero-order valence-corrected chi connectivity index (χ0v) is 14.5. The molecule has 0 fully saturated rings. The summed E-state index contributed by atoms with van der Waals surface area (Å²) in [5, 5.41) is 12.7. The van der Waals surface area contributed by atoms with E-state index >= 15 is 0 Å². The van der Waals surface area contributed by atoms with E-state index in [4.69, 9.17) is 4.74 Å². The molecule has 0 radical (unpaired) electrons. The molecule has 0 bridgehead atoms. The van der Waals surface area contributed by atoms with Crippen molar-refractivity contribution < 1.29 is 14.5 Å². The largest absolute Gasteiger partial charge is 0.425 e. The first-order valence-corrected chi connectivity index (χ1v) is 8.50. The smallest absolute Gasteiger partial charge is 0.334 e. The molecule has 6 heteroatoms. The Bertz CT molecular complexity index is 1160. The molecule has 4 rings (SSSR count). The molecule has 1 atom stereocenters. The van der Waals surface area contributed by atoms with Gasteiger partial charge in [0.05, 0.1) is 10.4 Å². The van der Waals surface area contributed by atoms with E-state index in [2.05, 4.69) is 0 Å². The number of hydrogen-bond acceptors (Lipinski definition) is 4. The van der Waals surface area contributed by atoms with Crippen molar-refractivity contribution in [3.8, 4) is 5.75 Å². The highest BCUT2D eigenvalue weighted by molar-refractivity contribution is 6.09. The van der Waals surface area contributed by atoms with Crippen LogP contribution in [0.5, 0.6) is 5.75 Å². The van der Waals surface area contributed by atoms with Crippen molar-refractivity contribution in [2.45, 2.75) is 13.0 Å². The summed E-state index contributed by atoms with van der Waals surface area (Å²) in [7, 11) is 0. The number of rotatable bonds is 4. The lowest BCUT2D eigenvalue weighted by Gasteiger charge is -2.15. The minimum Gasteiger partial charge on any atom is -0.425 e. The first-order chi connectivity index (χ1) is 13.1. The van der Waals surface area contributed by atoms with Gasteiger partial charge >= 0.3 is 5.97 Å². The number of nitro groups is 1. The monoisotopic (exact) mass is 360 g/mol. The summed E-state index contributed by atoms with van der Waals surface area (Å²) < 4.78 is 7.35. The topological polar surface area (TPSA) is 74.4 Å². The molecule has 6 nitrogen and oxygen atoms in total. The molecule has 1 unspecified atom stereocenters. The fraction of sp³-hybridized carbons (Fsp3) is 0.0952. The number of esters is 1. The van der Waals surface area contributed by atoms with E-state index < -0.39 is 16.9 Å². The highest BCUT2D eigenvalue weighted by Gasteiger charge is 2.23. The average Bonchev–Trinajstić information content (AvgIpc) is 3.01. The summed E-state index contributed by atoms with van der Waals surface area (Å²) in [5.41, 5.74) is 1.59. The molecule has 0 N–H and O–H groups in total. The normalized spacial score (nSPS) is 12.2. The zero-order valence-electron chi connectivity index (χ0n) is 14.5. The Kier molecular flexibility index (Phi) is 4.08. The third kappa shape index (κ3) is 2.91. The van der Waals surface area contributed by atoms with Crippen LogP contribution in [0.25, 0.3) is 21.8 Å². The van der Waals surface area contributed by atoms with Gasteiger partial charge in [0.25, 0.3) is 5.69 Å². The first kappa shape index (κ1) is 16.8. The van der Waals surface area contributed by atoms with Crippen molar-refractivity contribution >= 4 is 33.5 Å². The van der Waals surface area contributed by atoms with Crippen molar-refractivity contribution in [3.63, 3.8) is 0 Å². The van der Waals surface area contributed by atoms with E-state index in [0.29, 0.717) is 5.75 Å². The number of non-ortho nitro benzene ring substituents is 1. The van der Waals surface area contributed by atoms with E-state index in [-0.39, 0.29) is 5.69 Å². The molecule has 27 heavy (non-hydrogen) atoms. The molecule has 4 aromatic rings. The van der Waals surface area contributed by atoms with Crippen molar-refractivity contribution in [1.82, 2.24) is 4.57 Å². The number of carbonyl (C=O) groups excluding carboxylic acids is 1. The number of aromatic nitrogens is 1. The number of nitro benzene ring substituents is 1. The highest BCUT2D eigenvalue weighted by Crippen LogP contribution is 2.34. The number of para-hydroxylation sites is 2. The lowest BCUT2D eigenvalue weighted by molar-refractivity contribution is -0.384. The zero-order chi connectivity index (χ0) is 19.0. The van der Waals surface area contributed by atoms with Gasteiger partial charge in [0, 0.05) is 28.4 Å². The number of nitrogens with zero attached hydrogens (tertiary/aromatic N) is 2. The van der Waals surface area contributed by atoms with Gasteiger partial charge in [-0.2, -0.15) is 0 Å². The SMILES string of the molecule is CC(C(=O)Oc1ccccc1)n1c2ccccc2c2cc([N+](=O)[O-])ccc21. The van der Waals surface area contributed by atoms with Crippen LogP contribution in [-0.4, -0.2) is 15.5 Å². The molecule has 3 aromatic carbocycles. The molecule has 0 spiro atoms. The third-order valence-corrected chi connectivity index (χ3v) is 4.59. The Morgan fingerprint density at radius 1 is 0.963 bits per heavy atom. The van der Waals surface area contributed by atoms with Gasteiger partial charge < -0.3 is 9.30 Å². The molecule has 0 saturated heterocycles. The molecular weight excluding hydrogens is 344 g/mol. The minimum atomic E-state index is -0.603. The number of benzene rings is 3. The van der Waals surface area contributed by atoms with Gasteiger partial charge in [0.2, 0.25) is 0 Å². The van der Waals surface area contributed by atoms with Crippen LogP contribution in [0.2, 0.25) is 0 Å². The van der Waals surface area contributed by atoms with Crippen LogP contribution in [-0.2, 0) is 4.79 Å². The molecule has 1 heterocycles. The molecule has 0 saturated carbocycles. The third-order valence-electron chi connectivity index (χ3n) is 4.59. The van der Waals surface area contributed by atoms with Crippen LogP contribution in [0.15, 0.2) is 72.8 Å². The Balaban J connectivity index is 1.84. The number of ether oxygens (including phenoxy) is 1. The second-order valence-electron chi connectivity index (χ2n) is 6.26. The predicted octanol–water partition coefficient (Wildman–Crippen LogP) is 4.87. The predicted molar refractivity (Wildman–Crippen MR) is 103 cm³/mol. The molecule has 0 aliphatic carbocycles. The fourth-order valence-corrected chi connectivity index (χ4v) is 3.32. The first-order valence-electron chi connectivity index (χ1n) is 8.50. The van der Waals surface area contributed by atoms with Crippen molar-refractivity contribution in [2.24, 2.45) is 0 Å². The quantitative estimate of drug-likeness (QED) is 0.225. The Morgan fingerprint density at radius 2 is 1.63 bits per heavy atom. The lowest BCUT2D eigenvalue weighted by atomic mass is 10.1. The molecule has 134 valence electrons. The van der Waals surface area contributed by atoms with Crippen LogP contribution in [0.1, 0.15) is 13.0 Å². The number of hydrogen-bond donors (Lipinski definition) is 0. The van der Waals surface area contributed by atoms with Crippen LogP contribution >= 0.6 is 0 Å². The molecular formula is C21H16N2O4. The van der Waals surface area contributed by atoms with Gasteiger partial charge in [-0.05, 0) is 31.2 Å². The number of fused-ring (bicyclic) bond motifs is 3. The van der Waals surface area contributed by atoms with Gasteiger partial charge in [0.1, 0.15) is 11.8 Å². The van der Waals surface area contributed by atoms with E-state index in [1.54, 1.807) is 43.3 Å². The second kappa shape index (κ2) is 6.57. The maximum atomic E-state index is 12.7. The maximum absolute atomic E-state index is 12.7. The standard InChI is InChI=1S/C21H16N2O4/c1-14(21(24)27-16-7-3-2-4-8-16)22-19-10-6-5-9-17(19)18-13-15(23(25)26)11-12-20(18)22/h2-14H,1H3. The summed E-state index contributed by atoms with van der Waals surface area (Å²) in [4.78, 5) is 23.5. The Labute approximate surface area is 154 Å². The van der Waals surface area contributed by atoms with Gasteiger partial charge in [0.15, 0.2) is 0 Å². The van der Waals surface area contributed by atoms with Gasteiger partial charge in [-0.3, -0.25) is 10.1 Å². The summed E-state index contributed by atoms with van der Waals surface area (Å²) in [6, 6.07) is 20.5. The summed E-state index contributed by atoms with van der Waals surface area (Å²) in [5.74, 6) is 0.0768. The summed E-state index contributed by atoms with van der Waals surface area (Å²) in [6.07, 6.45) is 0. The maximum Gasteiger partial charge on any atom is 0.334 e. The molecule has 1 aromatic heterocycles. The Hall–Kier alpha value is -3.67. The average molecular weight is 360 g/mol. The molecule has 0 aliphatic heterocycles. The lowest BCUT2D eigenvalue weighted by Crippen LogP contribution is -2.21. The second-order valence-corrected chi connectivity index (χ2v) is 6.26. The summed E-state index contributed by atoms with van der Waals surface area (Å²) >= 11 is 0. The summed E-state index contributed by atoms with van der Waals surface area (Å²) in [6.45, 7) is 1.76. The molecule has 0 amide bonds. The van der Waals surface area contributed by atoms with Crippen LogP contribution in [0, 0.1) is 10.1 Å². The van der Waals surface area contributed by atoms with Crippen molar-refractivity contribution in [1.29, 1.82) is 0 Å². The van der Waals surface area contributed by atoms with Crippen molar-refractivity contribution in [3.05, 3.63) is 82.9 Å². The molecule has 0 aliphatic rings. The van der Waals surface area contributed by atoms with E-state index in [0.717, 1.165) is 21.8 Å². The van der Waals surface area contributed by atoms with Gasteiger partial charge in [-0.15, -0.1) is 0 Å². The van der Waals surface area contributed by atoms with Crippen LogP contribution < -0.4 is 4.74 Å². The van der Waals surface area contributed by atoms with Crippen molar-refractivity contribution in [2.75, 3.05) is 0 Å². The van der Waals surface area contributed by atoms with Crippen LogP contribution in [0.3, 0.4) is 0 Å². The van der Waals surface area contributed by atoms with E-state index in [1.807, 2.05) is 34.9 Å². The highest BCUT2D eigenvalue weighted by atomic mass is 16.6. The van der Waals surface area contributed by atoms with E-state index in [9.17, 15) is 14.9 Å². The minimum absolute atomic E-state index is 0.0184. The van der Waals surface area contributed by atoms with Gasteiger partial charge in [-0.1, -0.05) is 36.4 Å². The number of carbonyl (C=O) groups is 1. The van der Waals surface area contributed by atoms with Crippen LogP contribution in [0.4, 0.5) is 5.69 Å². The van der Waals surface area contributed by atoms with Gasteiger partial charge in [-0.25, -0.2) is 4.79 Å².